The van der Waals surface area contributed by atoms with E-state index in [0.29, 0.717) is 18.5 Å². The molecule has 0 bridgehead atoms. The summed E-state index contributed by atoms with van der Waals surface area (Å²) < 4.78 is 18.1. The molecule has 1 saturated heterocycles. The predicted octanol–water partition coefficient (Wildman–Crippen LogP) is 3.32. The second kappa shape index (κ2) is 5.96. The molecule has 0 radical (unpaired) electrons. The molecule has 1 aromatic heterocycles. The van der Waals surface area contributed by atoms with Crippen LogP contribution in [0.2, 0.25) is 0 Å². The minimum atomic E-state index is -2.47. The van der Waals surface area contributed by atoms with Crippen LogP contribution >= 0.6 is 18.7 Å². The number of hydrogen-bond acceptors (Lipinski definition) is 5. The fourth-order valence-corrected chi connectivity index (χ4v) is 4.99. The van der Waals surface area contributed by atoms with Crippen LogP contribution in [0.25, 0.3) is 0 Å². The molecule has 0 unspecified atom stereocenters. The Labute approximate surface area is 119 Å². The Morgan fingerprint density at radius 3 is 2.37 bits per heavy atom. The van der Waals surface area contributed by atoms with Crippen molar-refractivity contribution in [3.8, 4) is 5.06 Å². The molecule has 1 aliphatic rings. The second-order valence-electron chi connectivity index (χ2n) is 5.03. The van der Waals surface area contributed by atoms with Crippen molar-refractivity contribution in [3.05, 3.63) is 17.0 Å². The minimum Gasteiger partial charge on any atom is -0.433 e. The summed E-state index contributed by atoms with van der Waals surface area (Å²) in [6, 6.07) is 4.05. The second-order valence-corrected chi connectivity index (χ2v) is 9.18. The van der Waals surface area contributed by atoms with Gasteiger partial charge >= 0.3 is 0 Å². The van der Waals surface area contributed by atoms with Crippen LogP contribution in [-0.2, 0) is 4.57 Å². The number of thiophene rings is 1. The highest BCUT2D eigenvalue weighted by Crippen LogP contribution is 2.48. The summed E-state index contributed by atoms with van der Waals surface area (Å²) in [4.78, 5) is 5.92. The largest absolute Gasteiger partial charge is 0.433 e. The molecule has 108 valence electrons. The van der Waals surface area contributed by atoms with Crippen molar-refractivity contribution < 1.29 is 9.09 Å². The number of hydrogen-bond donors (Lipinski definition) is 0. The number of likely N-dealkylation sites (N-methyl/N-ethyl adjacent to an activating group) is 2. The molecule has 0 saturated carbocycles. The molecule has 2 rings (SSSR count). The highest BCUT2D eigenvalue weighted by atomic mass is 32.1. The summed E-state index contributed by atoms with van der Waals surface area (Å²) >= 11 is 1.62. The molecule has 1 fully saturated rings. The summed E-state index contributed by atoms with van der Waals surface area (Å²) in [6.45, 7) is 6.02. The van der Waals surface area contributed by atoms with E-state index in [9.17, 15) is 4.57 Å². The fourth-order valence-electron chi connectivity index (χ4n) is 2.37. The zero-order valence-corrected chi connectivity index (χ0v) is 13.8. The van der Waals surface area contributed by atoms with E-state index >= 15 is 0 Å². The van der Waals surface area contributed by atoms with Crippen LogP contribution in [0.15, 0.2) is 12.1 Å². The molecule has 1 aromatic rings. The van der Waals surface area contributed by atoms with E-state index in [-0.39, 0.29) is 0 Å². The molecule has 0 amide bonds. The number of rotatable bonds is 5. The first kappa shape index (κ1) is 15.0. The van der Waals surface area contributed by atoms with Gasteiger partial charge in [-0.25, -0.2) is 0 Å². The van der Waals surface area contributed by atoms with Gasteiger partial charge in [0.2, 0.25) is 7.37 Å². The SMILES string of the molecule is CCP(=O)(CC)Oc1ccc(C2N(C)CCN2C)s1. The molecule has 0 spiro atoms. The summed E-state index contributed by atoms with van der Waals surface area (Å²) in [5.74, 6) is 0. The molecule has 6 heteroatoms. The maximum absolute atomic E-state index is 12.3. The van der Waals surface area contributed by atoms with Gasteiger partial charge in [-0.15, -0.1) is 11.3 Å². The molecule has 0 aromatic carbocycles. The predicted molar refractivity (Wildman–Crippen MR) is 81.6 cm³/mol. The fraction of sp³-hybridized carbons (Fsp3) is 0.692. The Morgan fingerprint density at radius 1 is 1.26 bits per heavy atom. The summed E-state index contributed by atoms with van der Waals surface area (Å²) in [7, 11) is 1.80. The Hall–Kier alpha value is -0.350. The Balaban J connectivity index is 2.13. The zero-order valence-electron chi connectivity index (χ0n) is 12.1. The molecule has 19 heavy (non-hydrogen) atoms. The van der Waals surface area contributed by atoms with Gasteiger partial charge in [-0.2, -0.15) is 0 Å². The first-order valence-corrected chi connectivity index (χ1v) is 9.58. The standard InChI is InChI=1S/C13H23N2O2PS/c1-5-18(16,6-2)17-12-8-7-11(19-12)13-14(3)9-10-15(13)4/h7-8,13H,5-6,9-10H2,1-4H3. The van der Waals surface area contributed by atoms with Crippen molar-refractivity contribution in [2.24, 2.45) is 0 Å². The molecular weight excluding hydrogens is 279 g/mol. The van der Waals surface area contributed by atoms with Crippen LogP contribution in [0.5, 0.6) is 5.06 Å². The third-order valence-electron chi connectivity index (χ3n) is 3.72. The monoisotopic (exact) mass is 302 g/mol. The van der Waals surface area contributed by atoms with E-state index in [1.54, 1.807) is 11.3 Å². The lowest BCUT2D eigenvalue weighted by atomic mass is 10.3. The van der Waals surface area contributed by atoms with Gasteiger partial charge in [-0.05, 0) is 26.2 Å². The van der Waals surface area contributed by atoms with E-state index in [1.807, 2.05) is 19.9 Å². The van der Waals surface area contributed by atoms with Gasteiger partial charge in [0.25, 0.3) is 0 Å². The molecule has 4 nitrogen and oxygen atoms in total. The molecule has 0 N–H and O–H groups in total. The highest BCUT2D eigenvalue weighted by Gasteiger charge is 2.29. The van der Waals surface area contributed by atoms with E-state index in [0.717, 1.165) is 18.2 Å². The lowest BCUT2D eigenvalue weighted by molar-refractivity contribution is 0.194. The van der Waals surface area contributed by atoms with Gasteiger partial charge in [-0.3, -0.25) is 14.4 Å². The van der Waals surface area contributed by atoms with E-state index in [4.69, 9.17) is 4.52 Å². The van der Waals surface area contributed by atoms with Gasteiger partial charge in [0.05, 0.1) is 6.17 Å². The van der Waals surface area contributed by atoms with E-state index in [1.165, 1.54) is 4.88 Å². The Bertz CT molecular complexity index is 459. The first-order valence-electron chi connectivity index (χ1n) is 6.77. The van der Waals surface area contributed by atoms with Gasteiger partial charge < -0.3 is 4.52 Å². The first-order chi connectivity index (χ1) is 8.99. The Morgan fingerprint density at radius 2 is 1.84 bits per heavy atom. The van der Waals surface area contributed by atoms with Crippen LogP contribution in [0, 0.1) is 0 Å². The van der Waals surface area contributed by atoms with Gasteiger partial charge in [0.15, 0.2) is 5.06 Å². The maximum atomic E-state index is 12.3. The van der Waals surface area contributed by atoms with Crippen LogP contribution in [0.1, 0.15) is 24.9 Å². The van der Waals surface area contributed by atoms with Crippen LogP contribution in [0.4, 0.5) is 0 Å². The highest BCUT2D eigenvalue weighted by molar-refractivity contribution is 7.59. The van der Waals surface area contributed by atoms with E-state index < -0.39 is 7.37 Å². The normalized spacial score (nSPS) is 19.2. The summed E-state index contributed by atoms with van der Waals surface area (Å²) in [6.07, 6.45) is 1.52. The number of nitrogens with zero attached hydrogens (tertiary/aromatic N) is 2. The minimum absolute atomic E-state index is 0.324. The quantitative estimate of drug-likeness (QED) is 0.781. The van der Waals surface area contributed by atoms with Crippen molar-refractivity contribution in [3.63, 3.8) is 0 Å². The van der Waals surface area contributed by atoms with E-state index in [2.05, 4.69) is 30.0 Å². The summed E-state index contributed by atoms with van der Waals surface area (Å²) in [5.41, 5.74) is 0. The molecule has 1 aliphatic heterocycles. The van der Waals surface area contributed by atoms with Crippen molar-refractivity contribution in [2.75, 3.05) is 39.5 Å². The molecular formula is C13H23N2O2PS. The van der Waals surface area contributed by atoms with Gasteiger partial charge in [-0.1, -0.05) is 13.8 Å². The summed E-state index contributed by atoms with van der Waals surface area (Å²) in [5, 5.41) is 0.788. The van der Waals surface area contributed by atoms with Gasteiger partial charge in [0, 0.05) is 30.3 Å². The molecule has 0 atom stereocenters. The van der Waals surface area contributed by atoms with Crippen molar-refractivity contribution in [1.29, 1.82) is 0 Å². The van der Waals surface area contributed by atoms with Gasteiger partial charge in [0.1, 0.15) is 0 Å². The average Bonchev–Trinajstić information content (AvgIpc) is 2.96. The Kier molecular flexibility index (Phi) is 4.72. The van der Waals surface area contributed by atoms with Crippen LogP contribution in [-0.4, -0.2) is 49.3 Å². The van der Waals surface area contributed by atoms with Crippen molar-refractivity contribution in [1.82, 2.24) is 9.80 Å². The average molecular weight is 302 g/mol. The lowest BCUT2D eigenvalue weighted by Crippen LogP contribution is -2.24. The maximum Gasteiger partial charge on any atom is 0.248 e. The lowest BCUT2D eigenvalue weighted by Gasteiger charge is -2.23. The van der Waals surface area contributed by atoms with Crippen LogP contribution < -0.4 is 4.52 Å². The van der Waals surface area contributed by atoms with Crippen molar-refractivity contribution >= 4 is 18.7 Å². The third-order valence-corrected chi connectivity index (χ3v) is 7.30. The van der Waals surface area contributed by atoms with Crippen molar-refractivity contribution in [2.45, 2.75) is 20.0 Å². The smallest absolute Gasteiger partial charge is 0.248 e. The topological polar surface area (TPSA) is 32.8 Å². The zero-order chi connectivity index (χ0) is 14.0. The third kappa shape index (κ3) is 3.22. The molecule has 2 heterocycles. The molecule has 0 aliphatic carbocycles. The van der Waals surface area contributed by atoms with Crippen LogP contribution in [0.3, 0.4) is 0 Å².